The number of anilines is 1. The molecule has 0 unspecified atom stereocenters. The van der Waals surface area contributed by atoms with Gasteiger partial charge in [0.2, 0.25) is 0 Å². The van der Waals surface area contributed by atoms with Crippen LogP contribution in [-0.4, -0.2) is 16.5 Å². The van der Waals surface area contributed by atoms with E-state index in [1.54, 1.807) is 0 Å². The van der Waals surface area contributed by atoms with Crippen molar-refractivity contribution >= 4 is 5.82 Å². The molecule has 0 spiro atoms. The second-order valence-electron chi connectivity index (χ2n) is 6.57. The molecule has 0 atom stereocenters. The molecule has 1 N–H and O–H groups in total. The van der Waals surface area contributed by atoms with Gasteiger partial charge in [-0.2, -0.15) is 0 Å². The molecule has 0 aliphatic heterocycles. The smallest absolute Gasteiger partial charge is 0.134 e. The number of aryl methyl sites for hydroxylation is 1. The fourth-order valence-electron chi connectivity index (χ4n) is 3.37. The molecule has 0 amide bonds. The van der Waals surface area contributed by atoms with E-state index in [0.29, 0.717) is 5.92 Å². The van der Waals surface area contributed by atoms with Crippen molar-refractivity contribution in [3.05, 3.63) is 17.1 Å². The molecule has 1 heterocycles. The highest BCUT2D eigenvalue weighted by atomic mass is 15.0. The number of hydrogen-bond acceptors (Lipinski definition) is 3. The van der Waals surface area contributed by atoms with Crippen molar-refractivity contribution in [2.45, 2.75) is 78.6 Å². The van der Waals surface area contributed by atoms with E-state index in [2.05, 4.69) is 33.0 Å². The minimum absolute atomic E-state index is 0.569. The summed E-state index contributed by atoms with van der Waals surface area (Å²) in [7, 11) is 0. The summed E-state index contributed by atoms with van der Waals surface area (Å²) in [5.74, 6) is 3.64. The highest BCUT2D eigenvalue weighted by molar-refractivity contribution is 5.45. The second kappa shape index (κ2) is 7.77. The fraction of sp³-hybridized carbons (Fsp3) is 0.778. The summed E-state index contributed by atoms with van der Waals surface area (Å²) in [6.07, 6.45) is 9.07. The Morgan fingerprint density at radius 3 is 2.33 bits per heavy atom. The Balaban J connectivity index is 2.08. The predicted molar refractivity (Wildman–Crippen MR) is 89.9 cm³/mol. The van der Waals surface area contributed by atoms with Gasteiger partial charge in [-0.1, -0.05) is 26.7 Å². The van der Waals surface area contributed by atoms with E-state index >= 15 is 0 Å². The monoisotopic (exact) mass is 289 g/mol. The normalized spacial score (nSPS) is 22.3. The maximum atomic E-state index is 4.84. The molecule has 1 aromatic rings. The number of rotatable bonds is 6. The largest absolute Gasteiger partial charge is 0.370 e. The molecule has 1 fully saturated rings. The molecule has 21 heavy (non-hydrogen) atoms. The van der Waals surface area contributed by atoms with Gasteiger partial charge in [0.05, 0.1) is 0 Å². The molecule has 1 aromatic heterocycles. The Morgan fingerprint density at radius 1 is 1.00 bits per heavy atom. The van der Waals surface area contributed by atoms with Crippen LogP contribution in [0.4, 0.5) is 5.82 Å². The van der Waals surface area contributed by atoms with Crippen molar-refractivity contribution in [1.82, 2.24) is 9.97 Å². The molecule has 1 aliphatic rings. The minimum Gasteiger partial charge on any atom is -0.370 e. The number of aromatic nitrogens is 2. The average Bonchev–Trinajstić information content (AvgIpc) is 2.50. The SMILES string of the molecule is CCCNc1nc(C2CCC(CCC)CC2)nc(C)c1C. The van der Waals surface area contributed by atoms with Gasteiger partial charge in [0.25, 0.3) is 0 Å². The first-order valence-electron chi connectivity index (χ1n) is 8.74. The van der Waals surface area contributed by atoms with Crippen molar-refractivity contribution in [1.29, 1.82) is 0 Å². The lowest BCUT2D eigenvalue weighted by atomic mass is 9.79. The van der Waals surface area contributed by atoms with Gasteiger partial charge >= 0.3 is 0 Å². The Hall–Kier alpha value is -1.12. The lowest BCUT2D eigenvalue weighted by Gasteiger charge is -2.28. The molecular formula is C18H31N3. The standard InChI is InChI=1S/C18H31N3/c1-5-7-15-8-10-16(11-9-15)18-20-14(4)13(3)17(21-18)19-12-6-2/h15-16H,5-12H2,1-4H3,(H,19,20,21). The molecule has 1 saturated carbocycles. The summed E-state index contributed by atoms with van der Waals surface area (Å²) < 4.78 is 0. The van der Waals surface area contributed by atoms with Crippen LogP contribution in [-0.2, 0) is 0 Å². The summed E-state index contributed by atoms with van der Waals surface area (Å²) >= 11 is 0. The fourth-order valence-corrected chi connectivity index (χ4v) is 3.37. The Bertz CT molecular complexity index is 448. The highest BCUT2D eigenvalue weighted by Crippen LogP contribution is 2.36. The van der Waals surface area contributed by atoms with Crippen molar-refractivity contribution in [2.75, 3.05) is 11.9 Å². The number of nitrogens with zero attached hydrogens (tertiary/aromatic N) is 2. The lowest BCUT2D eigenvalue weighted by Crippen LogP contribution is -2.17. The van der Waals surface area contributed by atoms with Crippen LogP contribution in [0, 0.1) is 19.8 Å². The van der Waals surface area contributed by atoms with Crippen LogP contribution in [0.15, 0.2) is 0 Å². The first kappa shape index (κ1) is 16.3. The minimum atomic E-state index is 0.569. The van der Waals surface area contributed by atoms with Gasteiger partial charge in [-0.3, -0.25) is 0 Å². The molecule has 3 heteroatoms. The van der Waals surface area contributed by atoms with Gasteiger partial charge < -0.3 is 5.32 Å². The molecule has 0 bridgehead atoms. The lowest BCUT2D eigenvalue weighted by molar-refractivity contribution is 0.302. The van der Waals surface area contributed by atoms with Crippen molar-refractivity contribution in [3.8, 4) is 0 Å². The van der Waals surface area contributed by atoms with E-state index in [-0.39, 0.29) is 0 Å². The van der Waals surface area contributed by atoms with E-state index in [4.69, 9.17) is 9.97 Å². The molecule has 0 saturated heterocycles. The maximum absolute atomic E-state index is 4.84. The molecule has 0 radical (unpaired) electrons. The molecule has 3 nitrogen and oxygen atoms in total. The van der Waals surface area contributed by atoms with Crippen LogP contribution in [0.1, 0.15) is 81.8 Å². The van der Waals surface area contributed by atoms with Gasteiger partial charge in [0.1, 0.15) is 11.6 Å². The zero-order valence-electron chi connectivity index (χ0n) is 14.2. The van der Waals surface area contributed by atoms with Gasteiger partial charge in [-0.05, 0) is 51.9 Å². The van der Waals surface area contributed by atoms with E-state index in [1.165, 1.54) is 44.1 Å². The molecule has 118 valence electrons. The summed E-state index contributed by atoms with van der Waals surface area (Å²) in [4.78, 5) is 9.63. The highest BCUT2D eigenvalue weighted by Gasteiger charge is 2.24. The quantitative estimate of drug-likeness (QED) is 0.801. The zero-order valence-corrected chi connectivity index (χ0v) is 14.2. The van der Waals surface area contributed by atoms with Gasteiger partial charge in [0, 0.05) is 23.7 Å². The maximum Gasteiger partial charge on any atom is 0.134 e. The Morgan fingerprint density at radius 2 is 1.71 bits per heavy atom. The third-order valence-corrected chi connectivity index (χ3v) is 4.86. The van der Waals surface area contributed by atoms with Gasteiger partial charge in [-0.25, -0.2) is 9.97 Å². The molecule has 2 rings (SSSR count). The first-order valence-corrected chi connectivity index (χ1v) is 8.74. The topological polar surface area (TPSA) is 37.8 Å². The predicted octanol–water partition coefficient (Wildman–Crippen LogP) is 4.99. The Kier molecular flexibility index (Phi) is 6.01. The third-order valence-electron chi connectivity index (χ3n) is 4.86. The summed E-state index contributed by atoms with van der Waals surface area (Å²) in [6.45, 7) is 9.70. The molecular weight excluding hydrogens is 258 g/mol. The first-order chi connectivity index (χ1) is 10.2. The van der Waals surface area contributed by atoms with Gasteiger partial charge in [-0.15, -0.1) is 0 Å². The third kappa shape index (κ3) is 4.18. The second-order valence-corrected chi connectivity index (χ2v) is 6.57. The summed E-state index contributed by atoms with van der Waals surface area (Å²) in [5, 5.41) is 3.46. The summed E-state index contributed by atoms with van der Waals surface area (Å²) in [5.41, 5.74) is 2.33. The Labute approximate surface area is 130 Å². The zero-order chi connectivity index (χ0) is 15.2. The van der Waals surface area contributed by atoms with Crippen molar-refractivity contribution in [2.24, 2.45) is 5.92 Å². The van der Waals surface area contributed by atoms with Crippen LogP contribution in [0.3, 0.4) is 0 Å². The van der Waals surface area contributed by atoms with Crippen LogP contribution in [0.5, 0.6) is 0 Å². The van der Waals surface area contributed by atoms with Gasteiger partial charge in [0.15, 0.2) is 0 Å². The molecule has 1 aliphatic carbocycles. The van der Waals surface area contributed by atoms with E-state index in [9.17, 15) is 0 Å². The summed E-state index contributed by atoms with van der Waals surface area (Å²) in [6, 6.07) is 0. The van der Waals surface area contributed by atoms with Crippen molar-refractivity contribution in [3.63, 3.8) is 0 Å². The van der Waals surface area contributed by atoms with Crippen molar-refractivity contribution < 1.29 is 0 Å². The van der Waals surface area contributed by atoms with Crippen LogP contribution < -0.4 is 5.32 Å². The van der Waals surface area contributed by atoms with E-state index < -0.39 is 0 Å². The average molecular weight is 289 g/mol. The van der Waals surface area contributed by atoms with Crippen LogP contribution >= 0.6 is 0 Å². The van der Waals surface area contributed by atoms with E-state index in [1.807, 2.05) is 0 Å². The van der Waals surface area contributed by atoms with E-state index in [0.717, 1.165) is 36.2 Å². The number of nitrogens with one attached hydrogen (secondary N) is 1. The van der Waals surface area contributed by atoms with Crippen LogP contribution in [0.25, 0.3) is 0 Å². The van der Waals surface area contributed by atoms with Crippen LogP contribution in [0.2, 0.25) is 0 Å². The number of hydrogen-bond donors (Lipinski definition) is 1. The molecule has 0 aromatic carbocycles.